The van der Waals surface area contributed by atoms with E-state index >= 15 is 0 Å². The zero-order chi connectivity index (χ0) is 33.0. The fraction of sp³-hybridized carbons (Fsp3) is 0.0222. The Hall–Kier alpha value is -6.72. The van der Waals surface area contributed by atoms with E-state index in [1.54, 1.807) is 0 Å². The predicted molar refractivity (Wildman–Crippen MR) is 206 cm³/mol. The van der Waals surface area contributed by atoms with E-state index in [9.17, 15) is 0 Å². The van der Waals surface area contributed by atoms with Crippen molar-refractivity contribution in [1.29, 1.82) is 0 Å². The van der Waals surface area contributed by atoms with Gasteiger partial charge in [0.25, 0.3) is 0 Å². The number of aromatic nitrogens is 1. The van der Waals surface area contributed by atoms with E-state index in [0.717, 1.165) is 77.4 Å². The van der Waals surface area contributed by atoms with E-state index in [4.69, 9.17) is 14.4 Å². The molecule has 0 bridgehead atoms. The van der Waals surface area contributed by atoms with Gasteiger partial charge in [-0.05, 0) is 52.6 Å². The minimum absolute atomic E-state index is 0.339. The summed E-state index contributed by atoms with van der Waals surface area (Å²) in [6, 6.07) is 59.1. The number of nitrogens with zero attached hydrogens (tertiary/aromatic N) is 3. The van der Waals surface area contributed by atoms with E-state index in [1.807, 2.05) is 12.1 Å². The van der Waals surface area contributed by atoms with Gasteiger partial charge >= 0.3 is 0 Å². The number of fused-ring (bicyclic) bond motifs is 6. The third kappa shape index (κ3) is 4.63. The molecule has 0 saturated heterocycles. The molecule has 0 saturated carbocycles. The van der Waals surface area contributed by atoms with Gasteiger partial charge in [0, 0.05) is 32.7 Å². The summed E-state index contributed by atoms with van der Waals surface area (Å²) < 4.78 is 8.72. The van der Waals surface area contributed by atoms with Crippen LogP contribution in [-0.2, 0) is 0 Å². The molecule has 50 heavy (non-hydrogen) atoms. The first-order valence-corrected chi connectivity index (χ1v) is 16.9. The van der Waals surface area contributed by atoms with Crippen molar-refractivity contribution in [2.75, 3.05) is 0 Å². The second-order valence-corrected chi connectivity index (χ2v) is 12.7. The van der Waals surface area contributed by atoms with Gasteiger partial charge in [-0.2, -0.15) is 4.99 Å². The highest BCUT2D eigenvalue weighted by Gasteiger charge is 2.24. The summed E-state index contributed by atoms with van der Waals surface area (Å²) in [6.45, 7) is 0. The molecule has 5 nitrogen and oxygen atoms in total. The summed E-state index contributed by atoms with van der Waals surface area (Å²) in [6.07, 6.45) is -0.339. The average Bonchev–Trinajstić information content (AvgIpc) is 3.74. The highest BCUT2D eigenvalue weighted by atomic mass is 16.3. The largest absolute Gasteiger partial charge is 0.455 e. The fourth-order valence-electron chi connectivity index (χ4n) is 7.27. The number of para-hydroxylation sites is 2. The highest BCUT2D eigenvalue weighted by molar-refractivity contribution is 6.18. The first kappa shape index (κ1) is 28.3. The maximum Gasteiger partial charge on any atom is 0.234 e. The van der Waals surface area contributed by atoms with E-state index in [0.29, 0.717) is 5.96 Å². The Morgan fingerprint density at radius 1 is 0.500 bits per heavy atom. The van der Waals surface area contributed by atoms with Gasteiger partial charge in [0.15, 0.2) is 0 Å². The normalized spacial score (nSPS) is 14.6. The smallest absolute Gasteiger partial charge is 0.234 e. The van der Waals surface area contributed by atoms with Crippen molar-refractivity contribution in [3.63, 3.8) is 0 Å². The first-order valence-electron chi connectivity index (χ1n) is 16.9. The molecule has 1 unspecified atom stereocenters. The molecular weight excluding hydrogens is 613 g/mol. The van der Waals surface area contributed by atoms with Crippen LogP contribution in [0.2, 0.25) is 0 Å². The molecule has 0 spiro atoms. The van der Waals surface area contributed by atoms with Crippen molar-refractivity contribution in [3.8, 4) is 22.3 Å². The number of hydrogen-bond donors (Lipinski definition) is 1. The quantitative estimate of drug-likeness (QED) is 0.208. The molecular formula is C45H30N4O. The molecule has 0 radical (unpaired) electrons. The van der Waals surface area contributed by atoms with Crippen LogP contribution in [0.1, 0.15) is 17.3 Å². The summed E-state index contributed by atoms with van der Waals surface area (Å²) in [4.78, 5) is 10.6. The molecule has 1 aliphatic heterocycles. The SMILES string of the molecule is c1ccc(-c2ccc3c4ccccc4n(C4=NC(c5ccccc5)NC(c5ccc6oc7c(-c8ccccc8)cccc7c6c5)=N4)c3c2)cc1. The van der Waals surface area contributed by atoms with Gasteiger partial charge in [-0.3, -0.25) is 4.57 Å². The number of furan rings is 1. The standard InChI is InChI=1S/C45H30N4O/c1-4-13-29(14-5-1)32-23-25-36-35-19-10-11-22-39(35)49(40(36)28-32)45-47-43(31-17-8-3-9-18-31)46-44(48-45)33-24-26-41-38(27-33)37-21-12-20-34(42(37)50-41)30-15-6-2-7-16-30/h1-28,43H,(H,46,47,48). The summed E-state index contributed by atoms with van der Waals surface area (Å²) in [5.41, 5.74) is 10.4. The van der Waals surface area contributed by atoms with Gasteiger partial charge in [-0.15, -0.1) is 0 Å². The van der Waals surface area contributed by atoms with Crippen LogP contribution in [0, 0.1) is 0 Å². The van der Waals surface area contributed by atoms with Crippen molar-refractivity contribution < 1.29 is 4.42 Å². The zero-order valence-electron chi connectivity index (χ0n) is 27.0. The second-order valence-electron chi connectivity index (χ2n) is 12.7. The second kappa shape index (κ2) is 11.5. The Morgan fingerprint density at radius 2 is 1.18 bits per heavy atom. The van der Waals surface area contributed by atoms with Crippen molar-refractivity contribution >= 4 is 55.5 Å². The number of hydrogen-bond acceptors (Lipinski definition) is 4. The minimum atomic E-state index is -0.339. The highest BCUT2D eigenvalue weighted by Crippen LogP contribution is 2.37. The van der Waals surface area contributed by atoms with Gasteiger partial charge in [-0.1, -0.05) is 140 Å². The maximum atomic E-state index is 6.51. The number of rotatable bonds is 4. The fourth-order valence-corrected chi connectivity index (χ4v) is 7.27. The van der Waals surface area contributed by atoms with E-state index in [1.165, 1.54) is 5.56 Å². The lowest BCUT2D eigenvalue weighted by molar-refractivity contribution is 0.667. The molecule has 1 N–H and O–H groups in total. The summed E-state index contributed by atoms with van der Waals surface area (Å²) in [5.74, 6) is 1.39. The van der Waals surface area contributed by atoms with Gasteiger partial charge in [0.05, 0.1) is 11.0 Å². The van der Waals surface area contributed by atoms with E-state index < -0.39 is 0 Å². The molecule has 7 aromatic carbocycles. The minimum Gasteiger partial charge on any atom is -0.455 e. The van der Waals surface area contributed by atoms with E-state index in [2.05, 4.69) is 168 Å². The number of aliphatic imine (C=N–C) groups is 2. The third-order valence-electron chi connectivity index (χ3n) is 9.68. The summed E-state index contributed by atoms with van der Waals surface area (Å²) in [5, 5.41) is 8.12. The van der Waals surface area contributed by atoms with Crippen LogP contribution in [0.25, 0.3) is 66.0 Å². The Labute approximate surface area is 288 Å². The van der Waals surface area contributed by atoms with Gasteiger partial charge in [0.2, 0.25) is 5.96 Å². The Kier molecular flexibility index (Phi) is 6.49. The summed E-state index contributed by atoms with van der Waals surface area (Å²) in [7, 11) is 0. The van der Waals surface area contributed by atoms with Crippen molar-refractivity contribution in [2.45, 2.75) is 6.17 Å². The number of benzene rings is 7. The maximum absolute atomic E-state index is 6.51. The molecule has 9 aromatic rings. The molecule has 0 aliphatic carbocycles. The van der Waals surface area contributed by atoms with Crippen LogP contribution < -0.4 is 5.32 Å². The molecule has 3 heterocycles. The zero-order valence-corrected chi connectivity index (χ0v) is 27.0. The Balaban J connectivity index is 1.17. The first-order chi connectivity index (χ1) is 24.8. The molecule has 1 atom stereocenters. The number of nitrogens with one attached hydrogen (secondary N) is 1. The molecule has 5 heteroatoms. The molecule has 0 amide bonds. The lowest BCUT2D eigenvalue weighted by Crippen LogP contribution is -2.35. The van der Waals surface area contributed by atoms with Gasteiger partial charge in [0.1, 0.15) is 23.2 Å². The lowest BCUT2D eigenvalue weighted by Gasteiger charge is -2.24. The van der Waals surface area contributed by atoms with Crippen LogP contribution >= 0.6 is 0 Å². The van der Waals surface area contributed by atoms with Crippen molar-refractivity contribution in [1.82, 2.24) is 9.88 Å². The summed E-state index contributed by atoms with van der Waals surface area (Å²) >= 11 is 0. The van der Waals surface area contributed by atoms with Crippen LogP contribution in [0.3, 0.4) is 0 Å². The van der Waals surface area contributed by atoms with Crippen molar-refractivity contribution in [2.24, 2.45) is 9.98 Å². The Bertz CT molecular complexity index is 2780. The van der Waals surface area contributed by atoms with Crippen LogP contribution in [0.4, 0.5) is 0 Å². The predicted octanol–water partition coefficient (Wildman–Crippen LogP) is 11.0. The van der Waals surface area contributed by atoms with Crippen LogP contribution in [0.15, 0.2) is 184 Å². The van der Waals surface area contributed by atoms with Gasteiger partial charge in [-0.25, -0.2) is 4.99 Å². The Morgan fingerprint density at radius 3 is 2.00 bits per heavy atom. The molecule has 10 rings (SSSR count). The molecule has 0 fully saturated rings. The molecule has 1 aliphatic rings. The lowest BCUT2D eigenvalue weighted by atomic mass is 10.0. The van der Waals surface area contributed by atoms with Crippen molar-refractivity contribution in [3.05, 3.63) is 181 Å². The molecule has 2 aromatic heterocycles. The average molecular weight is 643 g/mol. The number of amidine groups is 1. The van der Waals surface area contributed by atoms with E-state index in [-0.39, 0.29) is 6.17 Å². The third-order valence-corrected chi connectivity index (χ3v) is 9.68. The molecule has 236 valence electrons. The van der Waals surface area contributed by atoms with Crippen LogP contribution in [0.5, 0.6) is 0 Å². The van der Waals surface area contributed by atoms with Crippen LogP contribution in [-0.4, -0.2) is 16.4 Å². The van der Waals surface area contributed by atoms with Gasteiger partial charge < -0.3 is 9.73 Å². The monoisotopic (exact) mass is 642 g/mol. The topological polar surface area (TPSA) is 54.8 Å².